The normalized spacial score (nSPS) is 10.7. The van der Waals surface area contributed by atoms with E-state index >= 15 is 0 Å². The average molecular weight is 271 g/mol. The highest BCUT2D eigenvalue weighted by molar-refractivity contribution is 5.91. The van der Waals surface area contributed by atoms with E-state index in [1.54, 1.807) is 24.3 Å². The molecule has 0 unspecified atom stereocenters. The fourth-order valence-electron chi connectivity index (χ4n) is 1.68. The van der Waals surface area contributed by atoms with Crippen LogP contribution in [0.1, 0.15) is 11.1 Å². The van der Waals surface area contributed by atoms with E-state index in [2.05, 4.69) is 0 Å². The van der Waals surface area contributed by atoms with E-state index in [0.29, 0.717) is 5.06 Å². The molecule has 1 amide bonds. The molecule has 2 aromatic rings. The molecule has 2 rings (SSSR count). The van der Waals surface area contributed by atoms with Crippen LogP contribution in [0.2, 0.25) is 0 Å². The van der Waals surface area contributed by atoms with Crippen molar-refractivity contribution in [1.29, 1.82) is 0 Å². The van der Waals surface area contributed by atoms with Crippen LogP contribution in [0.5, 0.6) is 0 Å². The van der Waals surface area contributed by atoms with Crippen molar-refractivity contribution in [3.8, 4) is 0 Å². The van der Waals surface area contributed by atoms with Gasteiger partial charge in [-0.05, 0) is 23.3 Å². The molecule has 0 aliphatic carbocycles. The summed E-state index contributed by atoms with van der Waals surface area (Å²) >= 11 is 0. The third-order valence-corrected chi connectivity index (χ3v) is 2.76. The van der Waals surface area contributed by atoms with Crippen LogP contribution in [-0.4, -0.2) is 17.8 Å². The molecule has 2 aromatic carbocycles. The number of halogens is 1. The van der Waals surface area contributed by atoms with Crippen LogP contribution in [0.25, 0.3) is 12.2 Å². The topological polar surface area (TPSA) is 40.5 Å². The standard InChI is InChI=1S/C16H14FNO2/c17-12-16(19)18(20)15-10-8-14(9-11-15)7-6-13-4-2-1-3-5-13/h1-11,20H,12H2/b7-6+. The second-order valence-electron chi connectivity index (χ2n) is 4.17. The van der Waals surface area contributed by atoms with Gasteiger partial charge in [-0.15, -0.1) is 0 Å². The van der Waals surface area contributed by atoms with Crippen molar-refractivity contribution in [1.82, 2.24) is 0 Å². The molecule has 0 saturated heterocycles. The summed E-state index contributed by atoms with van der Waals surface area (Å²) in [6.07, 6.45) is 3.87. The van der Waals surface area contributed by atoms with E-state index in [0.717, 1.165) is 11.1 Å². The Morgan fingerprint density at radius 2 is 1.55 bits per heavy atom. The lowest BCUT2D eigenvalue weighted by molar-refractivity contribution is -0.124. The Kier molecular flexibility index (Phi) is 4.63. The molecular formula is C16H14FNO2. The second-order valence-corrected chi connectivity index (χ2v) is 4.17. The minimum absolute atomic E-state index is 0.240. The Balaban J connectivity index is 2.09. The SMILES string of the molecule is O=C(CF)N(O)c1ccc(/C=C/c2ccccc2)cc1. The number of hydroxylamine groups is 1. The van der Waals surface area contributed by atoms with Gasteiger partial charge in [0.15, 0.2) is 6.67 Å². The Morgan fingerprint density at radius 1 is 1.00 bits per heavy atom. The van der Waals surface area contributed by atoms with Gasteiger partial charge in [-0.2, -0.15) is 5.06 Å². The van der Waals surface area contributed by atoms with E-state index in [4.69, 9.17) is 0 Å². The molecule has 4 heteroatoms. The van der Waals surface area contributed by atoms with E-state index in [1.807, 2.05) is 42.5 Å². The van der Waals surface area contributed by atoms with Crippen molar-refractivity contribution >= 4 is 23.7 Å². The van der Waals surface area contributed by atoms with Gasteiger partial charge >= 0.3 is 0 Å². The molecular weight excluding hydrogens is 257 g/mol. The number of rotatable bonds is 4. The quantitative estimate of drug-likeness (QED) is 0.525. The number of hydrogen-bond donors (Lipinski definition) is 1. The third kappa shape index (κ3) is 3.52. The number of benzene rings is 2. The summed E-state index contributed by atoms with van der Waals surface area (Å²) in [6, 6.07) is 16.4. The van der Waals surface area contributed by atoms with E-state index in [9.17, 15) is 14.4 Å². The van der Waals surface area contributed by atoms with Gasteiger partial charge in [0.25, 0.3) is 5.91 Å². The minimum Gasteiger partial charge on any atom is -0.281 e. The Morgan fingerprint density at radius 3 is 2.10 bits per heavy atom. The zero-order valence-corrected chi connectivity index (χ0v) is 10.7. The number of amides is 1. The summed E-state index contributed by atoms with van der Waals surface area (Å²) in [5, 5.41) is 9.72. The highest BCUT2D eigenvalue weighted by atomic mass is 19.1. The van der Waals surface area contributed by atoms with E-state index in [1.165, 1.54) is 0 Å². The van der Waals surface area contributed by atoms with E-state index in [-0.39, 0.29) is 5.69 Å². The molecule has 0 bridgehead atoms. The van der Waals surface area contributed by atoms with Gasteiger partial charge in [-0.1, -0.05) is 54.6 Å². The number of alkyl halides is 1. The van der Waals surface area contributed by atoms with Gasteiger partial charge < -0.3 is 0 Å². The zero-order chi connectivity index (χ0) is 14.4. The lowest BCUT2D eigenvalue weighted by atomic mass is 10.1. The lowest BCUT2D eigenvalue weighted by Gasteiger charge is -2.12. The van der Waals surface area contributed by atoms with Crippen LogP contribution < -0.4 is 5.06 Å². The summed E-state index contributed by atoms with van der Waals surface area (Å²) in [4.78, 5) is 11.0. The highest BCUT2D eigenvalue weighted by Crippen LogP contribution is 2.15. The number of nitrogens with zero attached hydrogens (tertiary/aromatic N) is 1. The predicted molar refractivity (Wildman–Crippen MR) is 77.1 cm³/mol. The molecule has 0 aliphatic rings. The van der Waals surface area contributed by atoms with Crippen LogP contribution >= 0.6 is 0 Å². The first-order valence-corrected chi connectivity index (χ1v) is 6.11. The third-order valence-electron chi connectivity index (χ3n) is 2.76. The molecule has 1 N–H and O–H groups in total. The highest BCUT2D eigenvalue weighted by Gasteiger charge is 2.11. The molecule has 0 radical (unpaired) electrons. The fourth-order valence-corrected chi connectivity index (χ4v) is 1.68. The summed E-state index contributed by atoms with van der Waals surface area (Å²) in [6.45, 7) is -1.23. The largest absolute Gasteiger partial charge is 0.282 e. The van der Waals surface area contributed by atoms with Gasteiger partial charge in [0.1, 0.15) is 0 Å². The van der Waals surface area contributed by atoms with Crippen LogP contribution in [-0.2, 0) is 4.79 Å². The first-order chi connectivity index (χ1) is 9.70. The van der Waals surface area contributed by atoms with Crippen LogP contribution in [0.4, 0.5) is 10.1 Å². The predicted octanol–water partition coefficient (Wildman–Crippen LogP) is 3.55. The molecule has 0 saturated carbocycles. The Hall–Kier alpha value is -2.46. The Bertz CT molecular complexity index is 594. The van der Waals surface area contributed by atoms with Crippen molar-refractivity contribution in [3.63, 3.8) is 0 Å². The van der Waals surface area contributed by atoms with E-state index < -0.39 is 12.6 Å². The maximum Gasteiger partial charge on any atom is 0.282 e. The van der Waals surface area contributed by atoms with Crippen LogP contribution in [0, 0.1) is 0 Å². The van der Waals surface area contributed by atoms with Gasteiger partial charge in [-0.3, -0.25) is 10.0 Å². The molecule has 102 valence electrons. The maximum absolute atomic E-state index is 12.1. The number of carbonyl (C=O) groups is 1. The van der Waals surface area contributed by atoms with Gasteiger partial charge in [0, 0.05) is 0 Å². The van der Waals surface area contributed by atoms with Crippen LogP contribution in [0.15, 0.2) is 54.6 Å². The van der Waals surface area contributed by atoms with Crippen LogP contribution in [0.3, 0.4) is 0 Å². The summed E-state index contributed by atoms with van der Waals surface area (Å²) in [5.41, 5.74) is 2.23. The van der Waals surface area contributed by atoms with Crippen molar-refractivity contribution in [2.45, 2.75) is 0 Å². The molecule has 0 aromatic heterocycles. The molecule has 0 heterocycles. The average Bonchev–Trinajstić information content (AvgIpc) is 2.53. The van der Waals surface area contributed by atoms with Crippen molar-refractivity contribution in [2.24, 2.45) is 0 Å². The second kappa shape index (κ2) is 6.63. The molecule has 0 fully saturated rings. The summed E-state index contributed by atoms with van der Waals surface area (Å²) < 4.78 is 12.1. The molecule has 0 atom stereocenters. The monoisotopic (exact) mass is 271 g/mol. The summed E-state index contributed by atoms with van der Waals surface area (Å²) in [5.74, 6) is -0.988. The zero-order valence-electron chi connectivity index (χ0n) is 10.7. The number of carbonyl (C=O) groups excluding carboxylic acids is 1. The smallest absolute Gasteiger partial charge is 0.281 e. The number of anilines is 1. The van der Waals surface area contributed by atoms with Crippen molar-refractivity contribution in [3.05, 3.63) is 65.7 Å². The Labute approximate surface area is 116 Å². The summed E-state index contributed by atoms with van der Waals surface area (Å²) in [7, 11) is 0. The van der Waals surface area contributed by atoms with Gasteiger partial charge in [0.05, 0.1) is 5.69 Å². The molecule has 20 heavy (non-hydrogen) atoms. The van der Waals surface area contributed by atoms with Crippen molar-refractivity contribution in [2.75, 3.05) is 11.7 Å². The number of hydrogen-bond acceptors (Lipinski definition) is 2. The molecule has 3 nitrogen and oxygen atoms in total. The fraction of sp³-hybridized carbons (Fsp3) is 0.0625. The van der Waals surface area contributed by atoms with Gasteiger partial charge in [-0.25, -0.2) is 4.39 Å². The first-order valence-electron chi connectivity index (χ1n) is 6.11. The van der Waals surface area contributed by atoms with Crippen molar-refractivity contribution < 1.29 is 14.4 Å². The maximum atomic E-state index is 12.1. The molecule has 0 aliphatic heterocycles. The lowest BCUT2D eigenvalue weighted by Crippen LogP contribution is -2.28. The minimum atomic E-state index is -1.23. The first kappa shape index (κ1) is 14.0. The van der Waals surface area contributed by atoms with Gasteiger partial charge in [0.2, 0.25) is 0 Å². The molecule has 0 spiro atoms.